The highest BCUT2D eigenvalue weighted by Gasteiger charge is 2.05. The molecule has 2 nitrogen and oxygen atoms in total. The molecule has 0 N–H and O–H groups in total. The van der Waals surface area contributed by atoms with Crippen LogP contribution in [0.1, 0.15) is 17.3 Å². The van der Waals surface area contributed by atoms with Crippen molar-refractivity contribution < 1.29 is 4.79 Å². The van der Waals surface area contributed by atoms with Crippen molar-refractivity contribution in [1.29, 1.82) is 0 Å². The topological polar surface area (TPSA) is 30.0 Å². The van der Waals surface area contributed by atoms with E-state index in [0.29, 0.717) is 15.6 Å². The molecule has 0 aliphatic rings. The van der Waals surface area contributed by atoms with Gasteiger partial charge in [-0.2, -0.15) is 0 Å². The Balaban J connectivity index is 2.52. The second-order valence-electron chi connectivity index (χ2n) is 3.68. The number of aromatic nitrogens is 1. The lowest BCUT2D eigenvalue weighted by Crippen LogP contribution is -1.93. The van der Waals surface area contributed by atoms with Crippen LogP contribution in [0.5, 0.6) is 0 Å². The first kappa shape index (κ1) is 12.1. The fourth-order valence-electron chi connectivity index (χ4n) is 1.51. The van der Waals surface area contributed by atoms with Gasteiger partial charge in [-0.05, 0) is 36.8 Å². The molecule has 1 heterocycles. The highest BCUT2D eigenvalue weighted by Crippen LogP contribution is 2.27. The number of hydrogen-bond acceptors (Lipinski definition) is 2. The standard InChI is InChI=1S/C13H9Cl2NO/c1-8(17)10-2-11(7-16-6-10)9-3-12(14)5-13(15)4-9/h2-7H,1H3. The summed E-state index contributed by atoms with van der Waals surface area (Å²) in [6.07, 6.45) is 3.21. The van der Waals surface area contributed by atoms with E-state index in [2.05, 4.69) is 4.98 Å². The van der Waals surface area contributed by atoms with Crippen LogP contribution < -0.4 is 0 Å². The van der Waals surface area contributed by atoms with Crippen LogP contribution in [-0.2, 0) is 0 Å². The Hall–Kier alpha value is -1.38. The van der Waals surface area contributed by atoms with Crippen molar-refractivity contribution in [3.05, 3.63) is 52.3 Å². The average molecular weight is 266 g/mol. The van der Waals surface area contributed by atoms with Crippen LogP contribution in [0.15, 0.2) is 36.7 Å². The van der Waals surface area contributed by atoms with Crippen LogP contribution in [-0.4, -0.2) is 10.8 Å². The normalized spacial score (nSPS) is 10.3. The van der Waals surface area contributed by atoms with Gasteiger partial charge in [0.15, 0.2) is 5.78 Å². The monoisotopic (exact) mass is 265 g/mol. The molecule has 0 saturated carbocycles. The number of pyridine rings is 1. The molecule has 0 aliphatic heterocycles. The van der Waals surface area contributed by atoms with Crippen LogP contribution in [0.4, 0.5) is 0 Å². The Morgan fingerprint density at radius 2 is 1.65 bits per heavy atom. The van der Waals surface area contributed by atoms with E-state index in [9.17, 15) is 4.79 Å². The van der Waals surface area contributed by atoms with Gasteiger partial charge in [0.1, 0.15) is 0 Å². The third kappa shape index (κ3) is 2.84. The molecule has 0 amide bonds. The van der Waals surface area contributed by atoms with Gasteiger partial charge in [0.25, 0.3) is 0 Å². The van der Waals surface area contributed by atoms with Gasteiger partial charge in [0, 0.05) is 33.6 Å². The summed E-state index contributed by atoms with van der Waals surface area (Å²) >= 11 is 11.9. The first-order valence-corrected chi connectivity index (χ1v) is 5.74. The molecule has 1 aromatic heterocycles. The van der Waals surface area contributed by atoms with Gasteiger partial charge < -0.3 is 0 Å². The van der Waals surface area contributed by atoms with Gasteiger partial charge >= 0.3 is 0 Å². The van der Waals surface area contributed by atoms with Crippen molar-refractivity contribution in [2.24, 2.45) is 0 Å². The van der Waals surface area contributed by atoms with Crippen LogP contribution in [0.25, 0.3) is 11.1 Å². The molecule has 0 radical (unpaired) electrons. The van der Waals surface area contributed by atoms with Gasteiger partial charge in [0.2, 0.25) is 0 Å². The zero-order chi connectivity index (χ0) is 12.4. The Morgan fingerprint density at radius 3 is 2.24 bits per heavy atom. The van der Waals surface area contributed by atoms with E-state index in [1.54, 1.807) is 30.5 Å². The number of rotatable bonds is 2. The Bertz CT molecular complexity index is 561. The minimum atomic E-state index is -0.0209. The molecule has 0 bridgehead atoms. The number of halogens is 2. The molecule has 0 saturated heterocycles. The van der Waals surface area contributed by atoms with Gasteiger partial charge in [-0.1, -0.05) is 23.2 Å². The molecule has 1 aromatic carbocycles. The van der Waals surface area contributed by atoms with Crippen LogP contribution >= 0.6 is 23.2 Å². The number of carbonyl (C=O) groups is 1. The molecule has 4 heteroatoms. The highest BCUT2D eigenvalue weighted by molar-refractivity contribution is 6.35. The second-order valence-corrected chi connectivity index (χ2v) is 4.55. The zero-order valence-corrected chi connectivity index (χ0v) is 10.6. The van der Waals surface area contributed by atoms with Crippen molar-refractivity contribution in [2.75, 3.05) is 0 Å². The maximum Gasteiger partial charge on any atom is 0.161 e. The van der Waals surface area contributed by atoms with E-state index >= 15 is 0 Å². The Labute approximate surface area is 109 Å². The largest absolute Gasteiger partial charge is 0.294 e. The third-order valence-electron chi connectivity index (χ3n) is 2.34. The molecular weight excluding hydrogens is 257 g/mol. The van der Waals surface area contributed by atoms with E-state index in [1.807, 2.05) is 0 Å². The summed E-state index contributed by atoms with van der Waals surface area (Å²) in [6.45, 7) is 1.51. The van der Waals surface area contributed by atoms with E-state index in [1.165, 1.54) is 13.1 Å². The lowest BCUT2D eigenvalue weighted by Gasteiger charge is -2.04. The van der Waals surface area contributed by atoms with Gasteiger partial charge in [-0.3, -0.25) is 9.78 Å². The van der Waals surface area contributed by atoms with E-state index < -0.39 is 0 Å². The maximum absolute atomic E-state index is 11.3. The molecule has 2 aromatic rings. The summed E-state index contributed by atoms with van der Waals surface area (Å²) in [7, 11) is 0. The summed E-state index contributed by atoms with van der Waals surface area (Å²) in [4.78, 5) is 15.3. The molecule has 17 heavy (non-hydrogen) atoms. The fraction of sp³-hybridized carbons (Fsp3) is 0.0769. The van der Waals surface area contributed by atoms with Gasteiger partial charge in [0.05, 0.1) is 0 Å². The summed E-state index contributed by atoms with van der Waals surface area (Å²) < 4.78 is 0. The van der Waals surface area contributed by atoms with Crippen molar-refractivity contribution in [3.63, 3.8) is 0 Å². The quantitative estimate of drug-likeness (QED) is 0.760. The fourth-order valence-corrected chi connectivity index (χ4v) is 2.04. The van der Waals surface area contributed by atoms with Crippen LogP contribution in [0.2, 0.25) is 10.0 Å². The highest BCUT2D eigenvalue weighted by atomic mass is 35.5. The summed E-state index contributed by atoms with van der Waals surface area (Å²) in [5.41, 5.74) is 2.23. The van der Waals surface area contributed by atoms with Gasteiger partial charge in [-0.15, -0.1) is 0 Å². The summed E-state index contributed by atoms with van der Waals surface area (Å²) in [5.74, 6) is -0.0209. The molecule has 0 fully saturated rings. The predicted molar refractivity (Wildman–Crippen MR) is 69.7 cm³/mol. The Kier molecular flexibility index (Phi) is 3.46. The molecule has 0 aliphatic carbocycles. The molecule has 0 spiro atoms. The first-order chi connectivity index (χ1) is 8.06. The maximum atomic E-state index is 11.3. The summed E-state index contributed by atoms with van der Waals surface area (Å²) in [5, 5.41) is 1.11. The number of ketones is 1. The van der Waals surface area contributed by atoms with E-state index in [0.717, 1.165) is 11.1 Å². The van der Waals surface area contributed by atoms with Crippen LogP contribution in [0.3, 0.4) is 0 Å². The van der Waals surface area contributed by atoms with E-state index in [-0.39, 0.29) is 5.78 Å². The molecule has 0 atom stereocenters. The number of nitrogens with zero attached hydrogens (tertiary/aromatic N) is 1. The van der Waals surface area contributed by atoms with Crippen molar-refractivity contribution in [3.8, 4) is 11.1 Å². The van der Waals surface area contributed by atoms with Crippen molar-refractivity contribution in [2.45, 2.75) is 6.92 Å². The van der Waals surface area contributed by atoms with E-state index in [4.69, 9.17) is 23.2 Å². The number of Topliss-reactive ketones (excluding diaryl/α,β-unsaturated/α-hetero) is 1. The van der Waals surface area contributed by atoms with Gasteiger partial charge in [-0.25, -0.2) is 0 Å². The minimum absolute atomic E-state index is 0.0209. The smallest absolute Gasteiger partial charge is 0.161 e. The van der Waals surface area contributed by atoms with Crippen LogP contribution in [0, 0.1) is 0 Å². The zero-order valence-electron chi connectivity index (χ0n) is 9.08. The lowest BCUT2D eigenvalue weighted by atomic mass is 10.1. The first-order valence-electron chi connectivity index (χ1n) is 4.99. The minimum Gasteiger partial charge on any atom is -0.294 e. The molecule has 2 rings (SSSR count). The molecule has 86 valence electrons. The molecule has 0 unspecified atom stereocenters. The Morgan fingerprint density at radius 1 is 1.00 bits per heavy atom. The third-order valence-corrected chi connectivity index (χ3v) is 2.78. The number of benzene rings is 1. The average Bonchev–Trinajstić information content (AvgIpc) is 2.28. The predicted octanol–water partition coefficient (Wildman–Crippen LogP) is 4.26. The lowest BCUT2D eigenvalue weighted by molar-refractivity contribution is 0.101. The molecular formula is C13H9Cl2NO. The number of carbonyl (C=O) groups excluding carboxylic acids is 1. The summed E-state index contributed by atoms with van der Waals surface area (Å²) in [6, 6.07) is 7.01. The van der Waals surface area contributed by atoms with Crippen molar-refractivity contribution in [1.82, 2.24) is 4.98 Å². The van der Waals surface area contributed by atoms with Crippen molar-refractivity contribution >= 4 is 29.0 Å². The second kappa shape index (κ2) is 4.86. The SMILES string of the molecule is CC(=O)c1cncc(-c2cc(Cl)cc(Cl)c2)c1. The number of hydrogen-bond donors (Lipinski definition) is 0.